The highest BCUT2D eigenvalue weighted by Gasteiger charge is 2.39. The average molecular weight is 1630 g/mol. The highest BCUT2D eigenvalue weighted by molar-refractivity contribution is 6.01. The Hall–Kier alpha value is -13.1. The number of carbonyl (C=O) groups is 18. The van der Waals surface area contributed by atoms with Crippen molar-refractivity contribution in [1.82, 2.24) is 63.8 Å². The summed E-state index contributed by atoms with van der Waals surface area (Å²) < 4.78 is 0. The third-order valence-corrected chi connectivity index (χ3v) is 17.6. The van der Waals surface area contributed by atoms with E-state index in [0.717, 1.165) is 13.8 Å². The van der Waals surface area contributed by atoms with E-state index in [1.165, 1.54) is 79.7 Å². The van der Waals surface area contributed by atoms with E-state index in [0.29, 0.717) is 11.1 Å². The van der Waals surface area contributed by atoms with Crippen LogP contribution in [0, 0.1) is 5.92 Å². The zero-order chi connectivity index (χ0) is 86.6. The van der Waals surface area contributed by atoms with Gasteiger partial charge in [0.25, 0.3) is 0 Å². The van der Waals surface area contributed by atoms with Gasteiger partial charge in [0.1, 0.15) is 84.0 Å². The molecule has 14 atom stereocenters. The lowest BCUT2D eigenvalue weighted by molar-refractivity contribution is -0.142. The molecule has 23 N–H and O–H groups in total. The van der Waals surface area contributed by atoms with E-state index in [1.54, 1.807) is 36.4 Å². The number of aliphatic carboxylic acids is 6. The monoisotopic (exact) mass is 1630 g/mol. The molecule has 0 aromatic heterocycles. The second-order valence-corrected chi connectivity index (χ2v) is 27.8. The van der Waals surface area contributed by atoms with Gasteiger partial charge in [0.15, 0.2) is 0 Å². The molecular weight excluding hydrogens is 1530 g/mol. The maximum absolute atomic E-state index is 14.7. The van der Waals surface area contributed by atoms with Crippen molar-refractivity contribution in [1.29, 1.82) is 0 Å². The van der Waals surface area contributed by atoms with Crippen LogP contribution in [0.25, 0.3) is 0 Å². The van der Waals surface area contributed by atoms with Gasteiger partial charge in [-0.25, -0.2) is 4.79 Å². The summed E-state index contributed by atoms with van der Waals surface area (Å²) in [4.78, 5) is 242. The molecule has 0 saturated heterocycles. The lowest BCUT2D eigenvalue weighted by Gasteiger charge is -2.29. The number of phenolic OH excluding ortho intramolecular Hbond substituents is 2. The van der Waals surface area contributed by atoms with E-state index in [9.17, 15) is 132 Å². The Balaban J connectivity index is 1.66. The first-order valence-electron chi connectivity index (χ1n) is 36.6. The van der Waals surface area contributed by atoms with Crippen molar-refractivity contribution < 1.29 is 132 Å². The third-order valence-electron chi connectivity index (χ3n) is 17.6. The normalized spacial score (nSPS) is 14.6. The number of carboxylic acids is 6. The number of aromatic hydroxyl groups is 2. The first-order valence-corrected chi connectivity index (χ1v) is 36.6. The number of aliphatic hydroxyl groups excluding tert-OH is 1. The molecule has 0 aliphatic heterocycles. The van der Waals surface area contributed by atoms with Crippen LogP contribution in [-0.4, -0.2) is 237 Å². The van der Waals surface area contributed by atoms with E-state index in [4.69, 9.17) is 5.73 Å². The molecule has 0 heterocycles. The number of nitrogens with two attached hydrogens (primary N) is 1. The van der Waals surface area contributed by atoms with Gasteiger partial charge in [0.05, 0.1) is 18.6 Å². The number of benzene rings is 4. The quantitative estimate of drug-likeness (QED) is 0.0209. The zero-order valence-electron chi connectivity index (χ0n) is 63.9. The number of hydrogen-bond acceptors (Lipinski definition) is 22. The minimum atomic E-state index is -2.15. The van der Waals surface area contributed by atoms with Crippen molar-refractivity contribution in [3.05, 3.63) is 131 Å². The van der Waals surface area contributed by atoms with Crippen molar-refractivity contribution >= 4 is 107 Å². The fraction of sp³-hybridized carbons (Fsp3) is 0.447. The fourth-order valence-electron chi connectivity index (χ4n) is 11.3. The molecule has 0 radical (unpaired) electrons. The van der Waals surface area contributed by atoms with Crippen LogP contribution in [0.2, 0.25) is 0 Å². The van der Waals surface area contributed by atoms with Gasteiger partial charge in [-0.2, -0.15) is 0 Å². The molecule has 40 nitrogen and oxygen atoms in total. The molecule has 40 heteroatoms. The summed E-state index contributed by atoms with van der Waals surface area (Å²) in [5, 5.41) is 117. The summed E-state index contributed by atoms with van der Waals surface area (Å²) in [6, 6.07) is 2.77. The number of nitrogens with one attached hydrogen (secondary N) is 12. The Morgan fingerprint density at radius 2 is 0.569 bits per heavy atom. The standard InChI is InChI=1S/C76H99N13O27/c1-38(2)32-48(77)66(105)78-39(3)64(103)84-53(33-42-12-8-6-9-13-42)73(112)86-56(37-62(101)102)74(113)89-63(41(5)90)75(114)87-55(35-44-16-20-46(91)21-17-44)72(111)83-51(26-30-60(97)98)69(108)81-52(27-31-61(99)100)70(109)85-54(34-43-14-10-7-11-15-43)71(110)82-50(25-29-59(95)96)68(107)80-49(24-28-58(93)94)67(106)79-40(4)65(104)88-57(76(115)116)36-45-18-22-47(92)23-19-45/h6-23,38-41,48-57,63,90-92H,24-37,77H2,1-5H3,(H,78,105)(H,79,106)(H,80,107)(H,81,108)(H,82,110)(H,83,111)(H,84,103)(H,85,109)(H,86,112)(H,87,114)(H,88,104)(H,89,113)(H,93,94)(H,95,96)(H,97,98)(H,99,100)(H,101,102)(H,115,116)/t39-,40-,41+,48-,49-,50-,51-,52-,53-,54-,55-,56-,57-,63-/m0/s1. The summed E-state index contributed by atoms with van der Waals surface area (Å²) in [5.41, 5.74) is 7.28. The third kappa shape index (κ3) is 34.5. The van der Waals surface area contributed by atoms with Crippen LogP contribution in [0.4, 0.5) is 0 Å². The first kappa shape index (κ1) is 95.2. The molecule has 4 aromatic rings. The van der Waals surface area contributed by atoms with Crippen molar-refractivity contribution in [2.75, 3.05) is 0 Å². The van der Waals surface area contributed by atoms with Crippen molar-refractivity contribution in [2.45, 2.75) is 209 Å². The van der Waals surface area contributed by atoms with E-state index >= 15 is 0 Å². The van der Waals surface area contributed by atoms with E-state index in [-0.39, 0.29) is 47.8 Å². The Labute approximate surface area is 664 Å². The molecule has 0 unspecified atom stereocenters. The Bertz CT molecular complexity index is 4120. The largest absolute Gasteiger partial charge is 0.508 e. The van der Waals surface area contributed by atoms with E-state index in [1.807, 2.05) is 13.8 Å². The summed E-state index contributed by atoms with van der Waals surface area (Å²) in [6.45, 7) is 7.05. The van der Waals surface area contributed by atoms with Gasteiger partial charge in [-0.15, -0.1) is 0 Å². The summed E-state index contributed by atoms with van der Waals surface area (Å²) in [6.07, 6.45) is -11.1. The van der Waals surface area contributed by atoms with Crippen LogP contribution >= 0.6 is 0 Å². The molecule has 0 bridgehead atoms. The maximum atomic E-state index is 14.7. The van der Waals surface area contributed by atoms with Gasteiger partial charge < -0.3 is 115 Å². The summed E-state index contributed by atoms with van der Waals surface area (Å²) >= 11 is 0. The first-order chi connectivity index (χ1) is 54.6. The number of phenols is 2. The second kappa shape index (κ2) is 47.4. The molecule has 0 aliphatic carbocycles. The van der Waals surface area contributed by atoms with Crippen LogP contribution in [0.15, 0.2) is 109 Å². The number of carboxylic acid groups (broad SMARTS) is 6. The number of carbonyl (C=O) groups excluding carboxylic acids is 12. The molecule has 0 spiro atoms. The lowest BCUT2D eigenvalue weighted by Crippen LogP contribution is -2.62. The number of aliphatic hydroxyl groups is 1. The Kier molecular flexibility index (Phi) is 38.9. The minimum absolute atomic E-state index is 0.00740. The van der Waals surface area contributed by atoms with Gasteiger partial charge in [-0.05, 0) is 105 Å². The second-order valence-electron chi connectivity index (χ2n) is 27.8. The number of rotatable bonds is 50. The SMILES string of the molecule is CC(C)C[C@H](N)C(=O)N[C@@H](C)C(=O)N[C@@H](Cc1ccccc1)C(=O)N[C@@H](CC(=O)O)C(=O)N[C@H](C(=O)N[C@@H](Cc1ccc(O)cc1)C(=O)N[C@@H](CCC(=O)O)C(=O)N[C@@H](CCC(=O)O)C(=O)N[C@@H](Cc1ccccc1)C(=O)N[C@@H](CCC(=O)O)C(=O)N[C@@H](CCC(=O)O)C(=O)N[C@@H](C)C(=O)N[C@@H](Cc1ccc(O)cc1)C(=O)O)[C@@H](C)O. The molecule has 0 fully saturated rings. The maximum Gasteiger partial charge on any atom is 0.326 e. The molecule has 12 amide bonds. The highest BCUT2D eigenvalue weighted by Crippen LogP contribution is 2.17. The highest BCUT2D eigenvalue weighted by atomic mass is 16.4. The van der Waals surface area contributed by atoms with Crippen molar-refractivity contribution in [2.24, 2.45) is 11.7 Å². The Morgan fingerprint density at radius 3 is 0.888 bits per heavy atom. The van der Waals surface area contributed by atoms with Crippen LogP contribution in [0.5, 0.6) is 11.5 Å². The molecule has 116 heavy (non-hydrogen) atoms. The van der Waals surface area contributed by atoms with Crippen LogP contribution in [-0.2, 0) is 112 Å². The summed E-state index contributed by atoms with van der Waals surface area (Å²) in [5.74, 6) is -24.3. The number of amides is 12. The lowest BCUT2D eigenvalue weighted by atomic mass is 10.0. The zero-order valence-corrected chi connectivity index (χ0v) is 63.9. The average Bonchev–Trinajstić information content (AvgIpc) is 0.848. The molecule has 630 valence electrons. The fourth-order valence-corrected chi connectivity index (χ4v) is 11.3. The van der Waals surface area contributed by atoms with Crippen LogP contribution in [0.1, 0.15) is 121 Å². The van der Waals surface area contributed by atoms with E-state index < -0.39 is 262 Å². The van der Waals surface area contributed by atoms with E-state index in [2.05, 4.69) is 63.8 Å². The van der Waals surface area contributed by atoms with Gasteiger partial charge in [-0.3, -0.25) is 81.5 Å². The topological polar surface area (TPSA) is 660 Å². The van der Waals surface area contributed by atoms with Crippen molar-refractivity contribution in [3.8, 4) is 11.5 Å². The predicted molar refractivity (Wildman–Crippen MR) is 405 cm³/mol. The van der Waals surface area contributed by atoms with Crippen LogP contribution in [0.3, 0.4) is 0 Å². The minimum Gasteiger partial charge on any atom is -0.508 e. The van der Waals surface area contributed by atoms with Gasteiger partial charge >= 0.3 is 35.8 Å². The molecule has 0 aliphatic rings. The van der Waals surface area contributed by atoms with Gasteiger partial charge in [-0.1, -0.05) is 98.8 Å². The predicted octanol–water partition coefficient (Wildman–Crippen LogP) is -3.00. The Morgan fingerprint density at radius 1 is 0.302 bits per heavy atom. The molecular formula is C76H99N13O27. The smallest absolute Gasteiger partial charge is 0.326 e. The number of hydrogen-bond donors (Lipinski definition) is 22. The summed E-state index contributed by atoms with van der Waals surface area (Å²) in [7, 11) is 0. The van der Waals surface area contributed by atoms with Gasteiger partial charge in [0, 0.05) is 51.4 Å². The van der Waals surface area contributed by atoms with Crippen molar-refractivity contribution in [3.63, 3.8) is 0 Å². The van der Waals surface area contributed by atoms with Gasteiger partial charge in [0.2, 0.25) is 70.9 Å². The van der Waals surface area contributed by atoms with Crippen LogP contribution < -0.4 is 69.5 Å². The molecule has 4 rings (SSSR count). The molecule has 4 aromatic carbocycles. The molecule has 0 saturated carbocycles.